The van der Waals surface area contributed by atoms with Gasteiger partial charge in [-0.15, -0.1) is 0 Å². The number of hydrogen-bond acceptors (Lipinski definition) is 2. The van der Waals surface area contributed by atoms with Crippen LogP contribution in [-0.4, -0.2) is 14.2 Å². The Kier molecular flexibility index (Phi) is 1.54. The summed E-state index contributed by atoms with van der Waals surface area (Å²) in [4.78, 5) is 0.475. The van der Waals surface area contributed by atoms with Crippen molar-refractivity contribution in [3.8, 4) is 0 Å². The molecule has 3 heteroatoms. The Bertz CT molecular complexity index is 415. The smallest absolute Gasteiger partial charge is 0.182 e. The third-order valence-electron chi connectivity index (χ3n) is 1.88. The molecule has 0 unspecified atom stereocenters. The number of benzene rings is 1. The molecular formula is C9H8O2S. The van der Waals surface area contributed by atoms with Crippen LogP contribution in [0.3, 0.4) is 0 Å². The summed E-state index contributed by atoms with van der Waals surface area (Å²) < 4.78 is 22.3. The highest BCUT2D eigenvalue weighted by atomic mass is 32.2. The van der Waals surface area contributed by atoms with E-state index >= 15 is 0 Å². The van der Waals surface area contributed by atoms with E-state index in [0.717, 1.165) is 5.56 Å². The predicted molar refractivity (Wildman–Crippen MR) is 48.2 cm³/mol. The Morgan fingerprint density at radius 1 is 1.08 bits per heavy atom. The zero-order valence-corrected chi connectivity index (χ0v) is 7.21. The quantitative estimate of drug-likeness (QED) is 0.655. The van der Waals surface area contributed by atoms with E-state index in [1.54, 1.807) is 6.08 Å². The zero-order valence-electron chi connectivity index (χ0n) is 6.40. The molecule has 0 atom stereocenters. The molecule has 0 radical (unpaired) electrons. The van der Waals surface area contributed by atoms with Crippen LogP contribution in [0.25, 0.3) is 4.91 Å². The molecular weight excluding hydrogens is 172 g/mol. The van der Waals surface area contributed by atoms with Gasteiger partial charge in [-0.2, -0.15) is 0 Å². The van der Waals surface area contributed by atoms with Gasteiger partial charge < -0.3 is 0 Å². The van der Waals surface area contributed by atoms with Crippen LogP contribution in [0.5, 0.6) is 0 Å². The molecule has 0 spiro atoms. The summed E-state index contributed by atoms with van der Waals surface area (Å²) in [5, 5.41) is 0. The Balaban J connectivity index is 2.48. The molecule has 0 bridgehead atoms. The fourth-order valence-electron chi connectivity index (χ4n) is 1.20. The molecule has 0 saturated heterocycles. The van der Waals surface area contributed by atoms with Gasteiger partial charge in [-0.25, -0.2) is 8.42 Å². The molecule has 12 heavy (non-hydrogen) atoms. The second-order valence-corrected chi connectivity index (χ2v) is 4.72. The van der Waals surface area contributed by atoms with Crippen molar-refractivity contribution < 1.29 is 8.42 Å². The standard InChI is InChI=1S/C9H8O2S/c10-12(11)7-6-9(12)8-4-2-1-3-5-8/h1-6H,7H2. The van der Waals surface area contributed by atoms with E-state index in [4.69, 9.17) is 0 Å². The van der Waals surface area contributed by atoms with Crippen LogP contribution in [0.15, 0.2) is 36.4 Å². The van der Waals surface area contributed by atoms with Gasteiger partial charge in [0.2, 0.25) is 0 Å². The first-order valence-electron chi connectivity index (χ1n) is 3.68. The van der Waals surface area contributed by atoms with Crippen molar-refractivity contribution in [1.82, 2.24) is 0 Å². The lowest BCUT2D eigenvalue weighted by Gasteiger charge is -2.14. The monoisotopic (exact) mass is 180 g/mol. The Labute approximate surface area is 71.5 Å². The second-order valence-electron chi connectivity index (χ2n) is 2.72. The number of hydrogen-bond donors (Lipinski definition) is 0. The van der Waals surface area contributed by atoms with E-state index in [1.807, 2.05) is 30.3 Å². The number of sulfone groups is 1. The lowest BCUT2D eigenvalue weighted by Crippen LogP contribution is -2.16. The maximum atomic E-state index is 11.2. The normalized spacial score (nSPS) is 19.5. The zero-order chi connectivity index (χ0) is 8.60. The average molecular weight is 180 g/mol. The maximum absolute atomic E-state index is 11.2. The molecule has 0 fully saturated rings. The van der Waals surface area contributed by atoms with Gasteiger partial charge >= 0.3 is 0 Å². The average Bonchev–Trinajstić information content (AvgIpc) is 2.05. The lowest BCUT2D eigenvalue weighted by atomic mass is 10.2. The molecule has 1 aromatic rings. The van der Waals surface area contributed by atoms with Gasteiger partial charge in [0.1, 0.15) is 0 Å². The van der Waals surface area contributed by atoms with Gasteiger partial charge in [0.15, 0.2) is 9.84 Å². The maximum Gasteiger partial charge on any atom is 0.182 e. The molecule has 1 aliphatic rings. The van der Waals surface area contributed by atoms with Crippen LogP contribution in [-0.2, 0) is 9.84 Å². The summed E-state index contributed by atoms with van der Waals surface area (Å²) in [6, 6.07) is 9.16. The van der Waals surface area contributed by atoms with E-state index in [0.29, 0.717) is 4.91 Å². The van der Waals surface area contributed by atoms with Crippen molar-refractivity contribution >= 4 is 14.7 Å². The molecule has 2 nitrogen and oxygen atoms in total. The van der Waals surface area contributed by atoms with Crippen LogP contribution in [0, 0.1) is 0 Å². The van der Waals surface area contributed by atoms with Gasteiger partial charge in [-0.3, -0.25) is 0 Å². The van der Waals surface area contributed by atoms with Crippen molar-refractivity contribution in [1.29, 1.82) is 0 Å². The fourth-order valence-corrected chi connectivity index (χ4v) is 2.30. The summed E-state index contributed by atoms with van der Waals surface area (Å²) in [5.41, 5.74) is 0.795. The minimum absolute atomic E-state index is 0.192. The van der Waals surface area contributed by atoms with Crippen LogP contribution in [0.2, 0.25) is 0 Å². The van der Waals surface area contributed by atoms with E-state index < -0.39 is 9.84 Å². The molecule has 62 valence electrons. The summed E-state index contributed by atoms with van der Waals surface area (Å²) in [6.45, 7) is 0. The van der Waals surface area contributed by atoms with Crippen LogP contribution in [0.4, 0.5) is 0 Å². The molecule has 1 aliphatic heterocycles. The summed E-state index contributed by atoms with van der Waals surface area (Å²) in [5.74, 6) is 0.192. The highest BCUT2D eigenvalue weighted by Crippen LogP contribution is 2.28. The second kappa shape index (κ2) is 2.45. The SMILES string of the molecule is O=S1(=O)CC=C1c1ccccc1. The topological polar surface area (TPSA) is 34.1 Å². The van der Waals surface area contributed by atoms with E-state index in [2.05, 4.69) is 0 Å². The molecule has 0 saturated carbocycles. The summed E-state index contributed by atoms with van der Waals surface area (Å²) >= 11 is 0. The Morgan fingerprint density at radius 3 is 2.17 bits per heavy atom. The molecule has 0 aliphatic carbocycles. The fraction of sp³-hybridized carbons (Fsp3) is 0.111. The van der Waals surface area contributed by atoms with Gasteiger partial charge in [0.25, 0.3) is 0 Å². The highest BCUT2D eigenvalue weighted by Gasteiger charge is 2.26. The van der Waals surface area contributed by atoms with Crippen LogP contribution < -0.4 is 0 Å². The molecule has 1 aromatic carbocycles. The first kappa shape index (κ1) is 7.55. The van der Waals surface area contributed by atoms with Gasteiger partial charge in [0.05, 0.1) is 10.7 Å². The van der Waals surface area contributed by atoms with Gasteiger partial charge in [-0.1, -0.05) is 30.3 Å². The van der Waals surface area contributed by atoms with Crippen molar-refractivity contribution in [3.05, 3.63) is 42.0 Å². The van der Waals surface area contributed by atoms with E-state index in [1.165, 1.54) is 0 Å². The minimum Gasteiger partial charge on any atom is -0.223 e. The molecule has 0 N–H and O–H groups in total. The minimum atomic E-state index is -2.91. The van der Waals surface area contributed by atoms with Crippen molar-refractivity contribution in [2.24, 2.45) is 0 Å². The first-order valence-corrected chi connectivity index (χ1v) is 5.34. The van der Waals surface area contributed by atoms with Gasteiger partial charge in [-0.05, 0) is 11.6 Å². The highest BCUT2D eigenvalue weighted by molar-refractivity contribution is 8.02. The Morgan fingerprint density at radius 2 is 1.75 bits per heavy atom. The molecule has 1 heterocycles. The largest absolute Gasteiger partial charge is 0.223 e. The van der Waals surface area contributed by atoms with Crippen LogP contribution in [0.1, 0.15) is 5.56 Å². The van der Waals surface area contributed by atoms with E-state index in [9.17, 15) is 8.42 Å². The lowest BCUT2D eigenvalue weighted by molar-refractivity contribution is 0.606. The summed E-state index contributed by atoms with van der Waals surface area (Å²) in [7, 11) is -2.91. The Hall–Kier alpha value is -1.09. The van der Waals surface area contributed by atoms with Crippen molar-refractivity contribution in [2.45, 2.75) is 0 Å². The van der Waals surface area contributed by atoms with E-state index in [-0.39, 0.29) is 5.75 Å². The van der Waals surface area contributed by atoms with Crippen LogP contribution >= 0.6 is 0 Å². The van der Waals surface area contributed by atoms with Crippen molar-refractivity contribution in [2.75, 3.05) is 5.75 Å². The third-order valence-corrected chi connectivity index (χ3v) is 3.56. The number of rotatable bonds is 1. The van der Waals surface area contributed by atoms with Crippen molar-refractivity contribution in [3.63, 3.8) is 0 Å². The molecule has 0 aromatic heterocycles. The summed E-state index contributed by atoms with van der Waals surface area (Å²) in [6.07, 6.45) is 1.74. The predicted octanol–water partition coefficient (Wildman–Crippen LogP) is 1.46. The molecule has 2 rings (SSSR count). The van der Waals surface area contributed by atoms with Gasteiger partial charge in [0, 0.05) is 0 Å². The molecule has 0 amide bonds. The first-order chi connectivity index (χ1) is 5.70. The third kappa shape index (κ3) is 1.06.